The molecule has 7 rings (SSSR count). The number of nitrogens with zero attached hydrogens (tertiary/aromatic N) is 3. The molecular weight excluding hydrogens is 533 g/mol. The highest BCUT2D eigenvalue weighted by Crippen LogP contribution is 2.65. The summed E-state index contributed by atoms with van der Waals surface area (Å²) in [4.78, 5) is 38.8. The molecule has 0 radical (unpaired) electrons. The Labute approximate surface area is 246 Å². The fraction of sp³-hybridized carbons (Fsp3) is 0.516. The van der Waals surface area contributed by atoms with Gasteiger partial charge in [-0.15, -0.1) is 0 Å². The minimum absolute atomic E-state index is 0.0146. The van der Waals surface area contributed by atoms with Gasteiger partial charge in [0.15, 0.2) is 6.39 Å². The predicted molar refractivity (Wildman–Crippen MR) is 155 cm³/mol. The number of hydrogen-bond donors (Lipinski definition) is 2. The van der Waals surface area contributed by atoms with E-state index >= 15 is 0 Å². The van der Waals surface area contributed by atoms with Gasteiger partial charge in [-0.05, 0) is 61.8 Å². The number of nitrogens with two attached hydrogens (primary N) is 1. The minimum atomic E-state index is -0.892. The smallest absolute Gasteiger partial charge is 0.448 e. The van der Waals surface area contributed by atoms with Crippen LogP contribution in [0.3, 0.4) is 0 Å². The van der Waals surface area contributed by atoms with Gasteiger partial charge in [0.05, 0.1) is 35.5 Å². The molecule has 1 saturated heterocycles. The molecule has 2 amide bonds. The molecular formula is C31H38BN5O5. The van der Waals surface area contributed by atoms with Gasteiger partial charge in [0.1, 0.15) is 11.5 Å². The Bertz CT molecular complexity index is 1420. The molecule has 2 aromatic heterocycles. The number of benzene rings is 1. The molecule has 220 valence electrons. The van der Waals surface area contributed by atoms with Crippen LogP contribution in [-0.4, -0.2) is 51.5 Å². The van der Waals surface area contributed by atoms with Gasteiger partial charge in [-0.25, -0.2) is 9.97 Å². The van der Waals surface area contributed by atoms with Crippen LogP contribution < -0.4 is 11.1 Å². The quantitative estimate of drug-likeness (QED) is 0.332. The van der Waals surface area contributed by atoms with Gasteiger partial charge in [-0.1, -0.05) is 44.2 Å². The second kappa shape index (κ2) is 11.3. The van der Waals surface area contributed by atoms with E-state index in [1.54, 1.807) is 6.20 Å². The van der Waals surface area contributed by atoms with Gasteiger partial charge in [0, 0.05) is 18.8 Å². The Balaban J connectivity index is 1.26. The third kappa shape index (κ3) is 5.24. The van der Waals surface area contributed by atoms with Crippen LogP contribution in [0.25, 0.3) is 0 Å². The van der Waals surface area contributed by atoms with Crippen molar-refractivity contribution >= 4 is 18.9 Å². The van der Waals surface area contributed by atoms with Crippen molar-refractivity contribution in [3.05, 3.63) is 78.0 Å². The van der Waals surface area contributed by atoms with Crippen molar-refractivity contribution in [2.45, 2.75) is 82.9 Å². The number of hydrogen-bond acceptors (Lipinski definition) is 8. The van der Waals surface area contributed by atoms with Crippen molar-refractivity contribution in [2.24, 2.45) is 23.0 Å². The molecule has 3 aromatic rings. The molecule has 4 aliphatic rings. The SMILES string of the molecule is CC1(C)[C@@H]2C[C@H]3OB(C(CCCc4ccccc4)NC(=O)C(Cc4cnco4)c4nccnc4C(N)=O)O[C@@]3(C)[C@H]1C2. The number of oxazole rings is 1. The first-order valence-corrected chi connectivity index (χ1v) is 14.8. The Morgan fingerprint density at radius 3 is 2.64 bits per heavy atom. The monoisotopic (exact) mass is 571 g/mol. The zero-order valence-corrected chi connectivity index (χ0v) is 24.4. The number of aryl methyl sites for hydroxylation is 1. The summed E-state index contributed by atoms with van der Waals surface area (Å²) in [6.45, 7) is 6.83. The number of primary amides is 1. The molecule has 4 fully saturated rings. The van der Waals surface area contributed by atoms with Crippen LogP contribution in [0.1, 0.15) is 79.9 Å². The first kappa shape index (κ1) is 28.5. The molecule has 11 heteroatoms. The molecule has 1 aliphatic heterocycles. The van der Waals surface area contributed by atoms with Crippen LogP contribution in [0.4, 0.5) is 0 Å². The lowest BCUT2D eigenvalue weighted by Gasteiger charge is -2.64. The van der Waals surface area contributed by atoms with Crippen molar-refractivity contribution in [3.8, 4) is 0 Å². The van der Waals surface area contributed by atoms with Gasteiger partial charge < -0.3 is 24.8 Å². The lowest BCUT2D eigenvalue weighted by Crippen LogP contribution is -2.65. The molecule has 2 bridgehead atoms. The fourth-order valence-electron chi connectivity index (χ4n) is 7.45. The molecule has 3 heterocycles. The van der Waals surface area contributed by atoms with Crippen molar-refractivity contribution in [2.75, 3.05) is 0 Å². The second-order valence-corrected chi connectivity index (χ2v) is 12.7. The topological polar surface area (TPSA) is 142 Å². The summed E-state index contributed by atoms with van der Waals surface area (Å²) in [6.07, 6.45) is 10.2. The summed E-state index contributed by atoms with van der Waals surface area (Å²) in [7, 11) is -0.599. The Morgan fingerprint density at radius 2 is 1.93 bits per heavy atom. The van der Waals surface area contributed by atoms with Crippen molar-refractivity contribution in [1.82, 2.24) is 20.3 Å². The first-order valence-electron chi connectivity index (χ1n) is 14.8. The second-order valence-electron chi connectivity index (χ2n) is 12.7. The molecule has 42 heavy (non-hydrogen) atoms. The van der Waals surface area contributed by atoms with E-state index in [0.29, 0.717) is 24.0 Å². The highest BCUT2D eigenvalue weighted by atomic mass is 16.7. The van der Waals surface area contributed by atoms with Gasteiger partial charge in [-0.2, -0.15) is 0 Å². The average molecular weight is 571 g/mol. The number of rotatable bonds is 11. The Morgan fingerprint density at radius 1 is 1.14 bits per heavy atom. The molecule has 3 N–H and O–H groups in total. The maximum absolute atomic E-state index is 14.1. The average Bonchev–Trinajstić information content (AvgIpc) is 3.62. The first-order chi connectivity index (χ1) is 20.2. The van der Waals surface area contributed by atoms with Crippen LogP contribution in [0.2, 0.25) is 0 Å². The summed E-state index contributed by atoms with van der Waals surface area (Å²) < 4.78 is 18.9. The van der Waals surface area contributed by atoms with Crippen molar-refractivity contribution < 1.29 is 23.3 Å². The van der Waals surface area contributed by atoms with Crippen LogP contribution in [-0.2, 0) is 26.9 Å². The van der Waals surface area contributed by atoms with E-state index in [1.807, 2.05) is 18.2 Å². The molecule has 3 aliphatic carbocycles. The van der Waals surface area contributed by atoms with E-state index < -0.39 is 30.5 Å². The van der Waals surface area contributed by atoms with Gasteiger partial charge in [0.2, 0.25) is 5.91 Å². The standard InChI is InChI=1S/C31H38BN5O5/c1-30(2)20-14-23(30)31(3)24(15-20)41-32(42-31)25(11-7-10-19-8-5-4-6-9-19)37-29(39)22(16-21-17-34-18-40-21)26-27(28(33)38)36-13-12-35-26/h4-6,8-9,12-13,17-18,20,22-25H,7,10-11,14-16H2,1-3H3,(H2,33,38)(H,37,39)/t20-,22?,23-,24+,25?,31-/m0/s1. The lowest BCUT2D eigenvalue weighted by atomic mass is 9.43. The van der Waals surface area contributed by atoms with Gasteiger partial charge in [0.25, 0.3) is 5.91 Å². The van der Waals surface area contributed by atoms with Crippen molar-refractivity contribution in [1.29, 1.82) is 0 Å². The maximum Gasteiger partial charge on any atom is 0.481 e. The van der Waals surface area contributed by atoms with E-state index in [-0.39, 0.29) is 35.2 Å². The van der Waals surface area contributed by atoms with Crippen LogP contribution in [0.15, 0.2) is 59.7 Å². The summed E-state index contributed by atoms with van der Waals surface area (Å²) in [5, 5.41) is 3.23. The molecule has 2 unspecified atom stereocenters. The molecule has 1 aromatic carbocycles. The minimum Gasteiger partial charge on any atom is -0.448 e. The predicted octanol–water partition coefficient (Wildman–Crippen LogP) is 3.67. The van der Waals surface area contributed by atoms with E-state index in [2.05, 4.69) is 53.2 Å². The summed E-state index contributed by atoms with van der Waals surface area (Å²) in [5.41, 5.74) is 6.79. The lowest BCUT2D eigenvalue weighted by molar-refractivity contribution is -0.199. The molecule has 10 nitrogen and oxygen atoms in total. The zero-order valence-electron chi connectivity index (χ0n) is 24.4. The maximum atomic E-state index is 14.1. The summed E-state index contributed by atoms with van der Waals surface area (Å²) >= 11 is 0. The van der Waals surface area contributed by atoms with Gasteiger partial charge >= 0.3 is 7.12 Å². The van der Waals surface area contributed by atoms with E-state index in [1.165, 1.54) is 24.4 Å². The fourth-order valence-corrected chi connectivity index (χ4v) is 7.45. The third-order valence-corrected chi connectivity index (χ3v) is 9.94. The van der Waals surface area contributed by atoms with E-state index in [9.17, 15) is 9.59 Å². The van der Waals surface area contributed by atoms with E-state index in [0.717, 1.165) is 25.7 Å². The Kier molecular flexibility index (Phi) is 7.65. The van der Waals surface area contributed by atoms with Crippen LogP contribution >= 0.6 is 0 Å². The molecule has 0 spiro atoms. The highest BCUT2D eigenvalue weighted by Gasteiger charge is 2.68. The third-order valence-electron chi connectivity index (χ3n) is 9.94. The highest BCUT2D eigenvalue weighted by molar-refractivity contribution is 6.47. The normalized spacial score (nSPS) is 27.0. The number of carbonyl (C=O) groups excluding carboxylic acids is 2. The van der Waals surface area contributed by atoms with Gasteiger partial charge in [-0.3, -0.25) is 14.6 Å². The molecule has 6 atom stereocenters. The number of nitrogens with one attached hydrogen (secondary N) is 1. The Hall–Kier alpha value is -3.57. The van der Waals surface area contributed by atoms with Crippen LogP contribution in [0.5, 0.6) is 0 Å². The van der Waals surface area contributed by atoms with E-state index in [4.69, 9.17) is 19.5 Å². The van der Waals surface area contributed by atoms with Crippen LogP contribution in [0, 0.1) is 17.3 Å². The molecule has 3 saturated carbocycles. The zero-order chi connectivity index (χ0) is 29.5. The largest absolute Gasteiger partial charge is 0.481 e. The summed E-state index contributed by atoms with van der Waals surface area (Å²) in [6, 6.07) is 10.3. The number of aromatic nitrogens is 3. The van der Waals surface area contributed by atoms with Crippen molar-refractivity contribution in [3.63, 3.8) is 0 Å². The summed E-state index contributed by atoms with van der Waals surface area (Å²) in [5.74, 6) is -0.914. The number of amides is 2. The number of carbonyl (C=O) groups is 2.